The predicted molar refractivity (Wildman–Crippen MR) is 64.8 cm³/mol. The molecule has 0 aliphatic rings. The number of alkyl halides is 2. The summed E-state index contributed by atoms with van der Waals surface area (Å²) in [5, 5.41) is 0.246. The van der Waals surface area contributed by atoms with Crippen LogP contribution in [0.5, 0.6) is 5.75 Å². The lowest BCUT2D eigenvalue weighted by molar-refractivity contribution is -0.0313. The van der Waals surface area contributed by atoms with Crippen LogP contribution in [-0.4, -0.2) is 12.6 Å². The maximum atomic E-state index is 14.1. The molecule has 0 saturated heterocycles. The quantitative estimate of drug-likeness (QED) is 0.901. The summed E-state index contributed by atoms with van der Waals surface area (Å²) in [7, 11) is 1.34. The van der Waals surface area contributed by atoms with E-state index in [1.165, 1.54) is 25.3 Å². The third-order valence-corrected chi connectivity index (χ3v) is 2.47. The molecule has 17 heavy (non-hydrogen) atoms. The highest BCUT2D eigenvalue weighted by atomic mass is 35.5. The van der Waals surface area contributed by atoms with E-state index < -0.39 is 17.9 Å². The second kappa shape index (κ2) is 4.78. The number of nitrogens with two attached hydrogens (primary N) is 1. The van der Waals surface area contributed by atoms with Gasteiger partial charge in [0.1, 0.15) is 5.75 Å². The Labute approximate surface area is 105 Å². The Bertz CT molecular complexity index is 402. The van der Waals surface area contributed by atoms with E-state index in [9.17, 15) is 8.78 Å². The molecule has 0 aliphatic heterocycles. The van der Waals surface area contributed by atoms with E-state index in [1.807, 2.05) is 0 Å². The van der Waals surface area contributed by atoms with Gasteiger partial charge in [-0.1, -0.05) is 11.6 Å². The van der Waals surface area contributed by atoms with Crippen molar-refractivity contribution in [3.05, 3.63) is 28.8 Å². The number of halogens is 3. The number of hydrogen-bond acceptors (Lipinski definition) is 2. The van der Waals surface area contributed by atoms with Gasteiger partial charge in [0.15, 0.2) is 0 Å². The monoisotopic (exact) mass is 263 g/mol. The molecule has 0 atom stereocenters. The van der Waals surface area contributed by atoms with Crippen molar-refractivity contribution in [2.45, 2.75) is 31.7 Å². The van der Waals surface area contributed by atoms with Crippen molar-refractivity contribution in [2.75, 3.05) is 7.11 Å². The highest BCUT2D eigenvalue weighted by Gasteiger charge is 2.39. The number of benzene rings is 1. The molecular weight excluding hydrogens is 248 g/mol. The van der Waals surface area contributed by atoms with E-state index in [-0.39, 0.29) is 16.3 Å². The summed E-state index contributed by atoms with van der Waals surface area (Å²) in [5.74, 6) is -2.96. The highest BCUT2D eigenvalue weighted by molar-refractivity contribution is 6.30. The van der Waals surface area contributed by atoms with Crippen LogP contribution in [0.2, 0.25) is 5.02 Å². The van der Waals surface area contributed by atoms with Crippen LogP contribution in [0.3, 0.4) is 0 Å². The fourth-order valence-corrected chi connectivity index (χ4v) is 1.81. The Hall–Kier alpha value is -0.870. The van der Waals surface area contributed by atoms with Gasteiger partial charge >= 0.3 is 0 Å². The van der Waals surface area contributed by atoms with Crippen LogP contribution in [0, 0.1) is 0 Å². The smallest absolute Gasteiger partial charge is 0.278 e. The van der Waals surface area contributed by atoms with E-state index in [1.54, 1.807) is 13.8 Å². The Kier molecular flexibility index (Phi) is 3.99. The van der Waals surface area contributed by atoms with Crippen molar-refractivity contribution in [1.82, 2.24) is 0 Å². The molecule has 5 heteroatoms. The summed E-state index contributed by atoms with van der Waals surface area (Å²) in [6.07, 6.45) is -0.475. The van der Waals surface area contributed by atoms with Gasteiger partial charge in [-0.05, 0) is 32.0 Å². The van der Waals surface area contributed by atoms with Gasteiger partial charge in [0, 0.05) is 17.0 Å². The first-order valence-electron chi connectivity index (χ1n) is 5.16. The summed E-state index contributed by atoms with van der Waals surface area (Å²) in [6.45, 7) is 3.11. The average Bonchev–Trinajstić information content (AvgIpc) is 2.14. The largest absolute Gasteiger partial charge is 0.496 e. The minimum absolute atomic E-state index is 0.114. The number of rotatable bonds is 4. The minimum Gasteiger partial charge on any atom is -0.496 e. The van der Waals surface area contributed by atoms with E-state index in [4.69, 9.17) is 22.1 Å². The van der Waals surface area contributed by atoms with Crippen molar-refractivity contribution in [2.24, 2.45) is 5.73 Å². The molecule has 96 valence electrons. The van der Waals surface area contributed by atoms with Crippen LogP contribution in [0.4, 0.5) is 8.78 Å². The Balaban J connectivity index is 3.17. The average molecular weight is 264 g/mol. The molecule has 0 unspecified atom stereocenters. The summed E-state index contributed by atoms with van der Waals surface area (Å²) in [4.78, 5) is 0. The molecule has 0 amide bonds. The second-order valence-corrected chi connectivity index (χ2v) is 5.15. The van der Waals surface area contributed by atoms with Crippen molar-refractivity contribution in [1.29, 1.82) is 0 Å². The van der Waals surface area contributed by atoms with Crippen molar-refractivity contribution in [3.8, 4) is 5.75 Å². The fraction of sp³-hybridized carbons (Fsp3) is 0.500. The zero-order valence-electron chi connectivity index (χ0n) is 10.1. The lowest BCUT2D eigenvalue weighted by Crippen LogP contribution is -2.38. The molecule has 1 rings (SSSR count). The van der Waals surface area contributed by atoms with Crippen molar-refractivity contribution >= 4 is 11.6 Å². The number of ether oxygens (including phenoxy) is 1. The van der Waals surface area contributed by atoms with Gasteiger partial charge in [0.2, 0.25) is 0 Å². The molecule has 1 aromatic rings. The summed E-state index contributed by atoms with van der Waals surface area (Å²) in [6, 6.07) is 4.15. The standard InChI is InChI=1S/C12H16ClF2NO/c1-11(2,16)7-12(14,15)9-6-8(13)4-5-10(9)17-3/h4-6H,7,16H2,1-3H3. The van der Waals surface area contributed by atoms with Gasteiger partial charge in [-0.25, -0.2) is 8.78 Å². The van der Waals surface area contributed by atoms with Crippen LogP contribution >= 0.6 is 11.6 Å². The normalized spacial score (nSPS) is 12.6. The highest BCUT2D eigenvalue weighted by Crippen LogP contribution is 2.41. The molecule has 2 nitrogen and oxygen atoms in total. The third-order valence-electron chi connectivity index (χ3n) is 2.23. The van der Waals surface area contributed by atoms with Crippen LogP contribution in [0.1, 0.15) is 25.8 Å². The third kappa shape index (κ3) is 3.82. The predicted octanol–water partition coefficient (Wildman–Crippen LogP) is 3.57. The molecule has 0 aromatic heterocycles. The van der Waals surface area contributed by atoms with Gasteiger partial charge in [0.05, 0.1) is 12.7 Å². The Morgan fingerprint density at radius 2 is 1.94 bits per heavy atom. The first-order valence-corrected chi connectivity index (χ1v) is 5.54. The fourth-order valence-electron chi connectivity index (χ4n) is 1.63. The Morgan fingerprint density at radius 1 is 1.35 bits per heavy atom. The van der Waals surface area contributed by atoms with Gasteiger partial charge in [-0.2, -0.15) is 0 Å². The summed E-state index contributed by atoms with van der Waals surface area (Å²) in [5.41, 5.74) is 4.43. The SMILES string of the molecule is COc1ccc(Cl)cc1C(F)(F)CC(C)(C)N. The topological polar surface area (TPSA) is 35.2 Å². The van der Waals surface area contributed by atoms with Gasteiger partial charge < -0.3 is 10.5 Å². The van der Waals surface area contributed by atoms with Crippen molar-refractivity contribution < 1.29 is 13.5 Å². The molecule has 0 fully saturated rings. The lowest BCUT2D eigenvalue weighted by atomic mass is 9.92. The first-order chi connectivity index (χ1) is 7.65. The maximum absolute atomic E-state index is 14.1. The molecule has 1 aromatic carbocycles. The molecule has 0 spiro atoms. The lowest BCUT2D eigenvalue weighted by Gasteiger charge is -2.27. The van der Waals surface area contributed by atoms with Crippen LogP contribution < -0.4 is 10.5 Å². The first kappa shape index (κ1) is 14.2. The molecule has 2 N–H and O–H groups in total. The van der Waals surface area contributed by atoms with Gasteiger partial charge in [-0.3, -0.25) is 0 Å². The molecule has 0 bridgehead atoms. The molecule has 0 heterocycles. The van der Waals surface area contributed by atoms with Crippen LogP contribution in [-0.2, 0) is 5.92 Å². The van der Waals surface area contributed by atoms with Gasteiger partial charge in [0.25, 0.3) is 5.92 Å². The Morgan fingerprint density at radius 3 is 2.41 bits per heavy atom. The zero-order valence-corrected chi connectivity index (χ0v) is 10.8. The van der Waals surface area contributed by atoms with Crippen LogP contribution in [0.15, 0.2) is 18.2 Å². The summed E-state index contributed by atoms with van der Waals surface area (Å²) < 4.78 is 33.0. The minimum atomic E-state index is -3.07. The van der Waals surface area contributed by atoms with E-state index in [0.717, 1.165) is 0 Å². The number of hydrogen-bond donors (Lipinski definition) is 1. The van der Waals surface area contributed by atoms with E-state index in [0.29, 0.717) is 0 Å². The van der Waals surface area contributed by atoms with Crippen molar-refractivity contribution in [3.63, 3.8) is 0 Å². The molecule has 0 aliphatic carbocycles. The maximum Gasteiger partial charge on any atom is 0.278 e. The number of methoxy groups -OCH3 is 1. The van der Waals surface area contributed by atoms with Gasteiger partial charge in [-0.15, -0.1) is 0 Å². The molecule has 0 radical (unpaired) electrons. The second-order valence-electron chi connectivity index (χ2n) is 4.71. The molecular formula is C12H16ClF2NO. The van der Waals surface area contributed by atoms with E-state index >= 15 is 0 Å². The zero-order chi connectivity index (χ0) is 13.3. The van der Waals surface area contributed by atoms with Crippen LogP contribution in [0.25, 0.3) is 0 Å². The summed E-state index contributed by atoms with van der Waals surface area (Å²) >= 11 is 5.73. The van der Waals surface area contributed by atoms with E-state index in [2.05, 4.69) is 0 Å². The molecule has 0 saturated carbocycles.